The van der Waals surface area contributed by atoms with Crippen LogP contribution >= 0.6 is 0 Å². The zero-order chi connectivity index (χ0) is 27.4. The summed E-state index contributed by atoms with van der Waals surface area (Å²) in [6.45, 7) is 6.35. The van der Waals surface area contributed by atoms with E-state index in [4.69, 9.17) is 20.2 Å². The van der Waals surface area contributed by atoms with E-state index in [-0.39, 0.29) is 36.2 Å². The minimum absolute atomic E-state index is 0.0404. The first-order chi connectivity index (χ1) is 18.9. The summed E-state index contributed by atoms with van der Waals surface area (Å²) < 4.78 is 11.2. The first kappa shape index (κ1) is 27.1. The van der Waals surface area contributed by atoms with Crippen LogP contribution in [0, 0.1) is 0 Å². The van der Waals surface area contributed by atoms with E-state index in [1.807, 2.05) is 19.1 Å². The van der Waals surface area contributed by atoms with E-state index in [1.165, 1.54) is 0 Å². The van der Waals surface area contributed by atoms with Crippen molar-refractivity contribution in [2.75, 3.05) is 61.5 Å². The monoisotopic (exact) mass is 539 g/mol. The number of anilines is 4. The fraction of sp³-hybridized carbons (Fsp3) is 0.556. The molecule has 12 heteroatoms. The molecule has 5 N–H and O–H groups in total. The van der Waals surface area contributed by atoms with E-state index >= 15 is 0 Å². The third-order valence-corrected chi connectivity index (χ3v) is 7.48. The zero-order valence-electron chi connectivity index (χ0n) is 22.3. The first-order valence-corrected chi connectivity index (χ1v) is 13.7. The van der Waals surface area contributed by atoms with Gasteiger partial charge in [0.05, 0.1) is 30.7 Å². The molecule has 2 aromatic rings. The summed E-state index contributed by atoms with van der Waals surface area (Å²) in [6.07, 6.45) is 3.44. The molecule has 2 fully saturated rings. The average molecular weight is 540 g/mol. The second kappa shape index (κ2) is 12.1. The number of hydrogen-bond donors (Lipinski definition) is 4. The van der Waals surface area contributed by atoms with Gasteiger partial charge in [-0.3, -0.25) is 14.5 Å². The molecule has 210 valence electrons. The molecule has 2 aliphatic heterocycles. The standard InChI is InChI=1S/C27H37N7O5/c1-2-20-26(29-17-3-6-19(35)7-4-17)32-27(24(31-20)25(28)37)30-18-5-8-21-22(15-18)39-16-23(36)34(21)10-9-33-11-13-38-14-12-33/h5,8,15,17,19,35H,2-4,6-7,9-14,16H2,1H3,(H2,28,37)(H2,29,30,32)/t17-,19-. The van der Waals surface area contributed by atoms with Crippen LogP contribution < -0.4 is 26.0 Å². The van der Waals surface area contributed by atoms with Gasteiger partial charge >= 0.3 is 0 Å². The molecule has 1 saturated carbocycles. The van der Waals surface area contributed by atoms with Crippen LogP contribution in [0.3, 0.4) is 0 Å². The largest absolute Gasteiger partial charge is 0.481 e. The van der Waals surface area contributed by atoms with Crippen molar-refractivity contribution >= 4 is 34.8 Å². The highest BCUT2D eigenvalue weighted by atomic mass is 16.5. The molecule has 2 amide bonds. The quantitative estimate of drug-likeness (QED) is 0.370. The van der Waals surface area contributed by atoms with Crippen LogP contribution in [-0.4, -0.2) is 89.9 Å². The van der Waals surface area contributed by atoms with Crippen LogP contribution in [0.1, 0.15) is 48.8 Å². The number of nitrogens with two attached hydrogens (primary N) is 1. The van der Waals surface area contributed by atoms with Gasteiger partial charge < -0.3 is 35.8 Å². The number of ether oxygens (including phenoxy) is 2. The summed E-state index contributed by atoms with van der Waals surface area (Å²) >= 11 is 0. The number of nitrogens with zero attached hydrogens (tertiary/aromatic N) is 4. The van der Waals surface area contributed by atoms with Crippen molar-refractivity contribution in [3.63, 3.8) is 0 Å². The highest BCUT2D eigenvalue weighted by Gasteiger charge is 2.27. The van der Waals surface area contributed by atoms with Crippen LogP contribution in [0.25, 0.3) is 0 Å². The fourth-order valence-electron chi connectivity index (χ4n) is 5.23. The van der Waals surface area contributed by atoms with Gasteiger partial charge in [0, 0.05) is 44.0 Å². The number of carbonyl (C=O) groups is 2. The Kier molecular flexibility index (Phi) is 8.44. The Balaban J connectivity index is 1.35. The normalized spacial score (nSPS) is 21.7. The highest BCUT2D eigenvalue weighted by Crippen LogP contribution is 2.36. The Bertz CT molecular complexity index is 1200. The molecule has 39 heavy (non-hydrogen) atoms. The van der Waals surface area contributed by atoms with E-state index in [9.17, 15) is 14.7 Å². The number of carbonyl (C=O) groups excluding carboxylic acids is 2. The average Bonchev–Trinajstić information content (AvgIpc) is 2.94. The maximum Gasteiger partial charge on any atom is 0.271 e. The van der Waals surface area contributed by atoms with E-state index in [2.05, 4.69) is 20.5 Å². The van der Waals surface area contributed by atoms with Gasteiger partial charge in [-0.25, -0.2) is 9.97 Å². The van der Waals surface area contributed by atoms with E-state index < -0.39 is 5.91 Å². The number of aliphatic hydroxyl groups excluding tert-OH is 1. The third-order valence-electron chi connectivity index (χ3n) is 7.48. The molecule has 5 rings (SSSR count). The fourth-order valence-corrected chi connectivity index (χ4v) is 5.23. The Morgan fingerprint density at radius 2 is 1.90 bits per heavy atom. The molecule has 1 saturated heterocycles. The van der Waals surface area contributed by atoms with Crippen LogP contribution in [0.2, 0.25) is 0 Å². The number of fused-ring (bicyclic) bond motifs is 1. The highest BCUT2D eigenvalue weighted by molar-refractivity contribution is 5.99. The minimum Gasteiger partial charge on any atom is -0.481 e. The van der Waals surface area contributed by atoms with E-state index in [0.29, 0.717) is 54.8 Å². The second-order valence-electron chi connectivity index (χ2n) is 10.2. The van der Waals surface area contributed by atoms with E-state index in [0.717, 1.165) is 45.3 Å². The number of nitrogens with one attached hydrogen (secondary N) is 2. The summed E-state index contributed by atoms with van der Waals surface area (Å²) in [5, 5.41) is 16.5. The lowest BCUT2D eigenvalue weighted by Gasteiger charge is -2.33. The number of hydrogen-bond acceptors (Lipinski definition) is 10. The number of benzene rings is 1. The van der Waals surface area contributed by atoms with E-state index in [1.54, 1.807) is 11.0 Å². The topological polar surface area (TPSA) is 155 Å². The predicted octanol–water partition coefficient (Wildman–Crippen LogP) is 1.65. The van der Waals surface area contributed by atoms with Gasteiger partial charge in [-0.2, -0.15) is 0 Å². The molecule has 3 aliphatic rings. The Morgan fingerprint density at radius 3 is 2.62 bits per heavy atom. The molecule has 12 nitrogen and oxygen atoms in total. The Hall–Kier alpha value is -3.48. The molecule has 0 spiro atoms. The lowest BCUT2D eigenvalue weighted by Crippen LogP contribution is -2.45. The van der Waals surface area contributed by atoms with Crippen molar-refractivity contribution < 1.29 is 24.2 Å². The number of aliphatic hydroxyl groups is 1. The Morgan fingerprint density at radius 1 is 1.13 bits per heavy atom. The smallest absolute Gasteiger partial charge is 0.271 e. The molecule has 0 bridgehead atoms. The predicted molar refractivity (Wildman–Crippen MR) is 147 cm³/mol. The molecule has 0 unspecified atom stereocenters. The van der Waals surface area contributed by atoms with Gasteiger partial charge in [0.2, 0.25) is 0 Å². The number of aromatic nitrogens is 2. The molecule has 1 aromatic heterocycles. The zero-order valence-corrected chi connectivity index (χ0v) is 22.3. The minimum atomic E-state index is -0.680. The van der Waals surface area contributed by atoms with Crippen molar-refractivity contribution in [3.8, 4) is 5.75 Å². The van der Waals surface area contributed by atoms with Gasteiger partial charge in [-0.1, -0.05) is 6.92 Å². The molecule has 1 aliphatic carbocycles. The summed E-state index contributed by atoms with van der Waals surface area (Å²) in [6, 6.07) is 5.61. The summed E-state index contributed by atoms with van der Waals surface area (Å²) in [4.78, 5) is 38.2. The number of amides is 2. The van der Waals surface area contributed by atoms with Crippen molar-refractivity contribution in [1.29, 1.82) is 0 Å². The van der Waals surface area contributed by atoms with Crippen LogP contribution in [0.4, 0.5) is 23.0 Å². The van der Waals surface area contributed by atoms with Crippen LogP contribution in [0.5, 0.6) is 5.75 Å². The number of rotatable bonds is 9. The third kappa shape index (κ3) is 6.40. The van der Waals surface area contributed by atoms with Crippen LogP contribution in [-0.2, 0) is 16.0 Å². The van der Waals surface area contributed by atoms with Gasteiger partial charge in [-0.15, -0.1) is 0 Å². The molecular weight excluding hydrogens is 502 g/mol. The molecule has 1 aromatic carbocycles. The molecule has 0 atom stereocenters. The SMILES string of the molecule is CCc1nc(C(N)=O)c(Nc2ccc3c(c2)OCC(=O)N3CCN2CCOCC2)nc1N[C@H]1CC[C@H](O)CC1. The molecule has 3 heterocycles. The maximum atomic E-state index is 12.7. The number of primary amides is 1. The number of morpholine rings is 1. The van der Waals surface area contributed by atoms with Crippen LogP contribution in [0.15, 0.2) is 18.2 Å². The summed E-state index contributed by atoms with van der Waals surface area (Å²) in [5.74, 6) is 0.648. The summed E-state index contributed by atoms with van der Waals surface area (Å²) in [5.41, 5.74) is 7.71. The van der Waals surface area contributed by atoms with Crippen molar-refractivity contribution in [1.82, 2.24) is 14.9 Å². The summed E-state index contributed by atoms with van der Waals surface area (Å²) in [7, 11) is 0. The lowest BCUT2D eigenvalue weighted by molar-refractivity contribution is -0.121. The first-order valence-electron chi connectivity index (χ1n) is 13.7. The van der Waals surface area contributed by atoms with Gasteiger partial charge in [0.1, 0.15) is 11.6 Å². The molecular formula is C27H37N7O5. The van der Waals surface area contributed by atoms with Gasteiger partial charge in [0.25, 0.3) is 11.8 Å². The molecule has 0 radical (unpaired) electrons. The van der Waals surface area contributed by atoms with Crippen molar-refractivity contribution in [2.24, 2.45) is 5.73 Å². The second-order valence-corrected chi connectivity index (χ2v) is 10.2. The number of aryl methyl sites for hydroxylation is 1. The van der Waals surface area contributed by atoms with Crippen molar-refractivity contribution in [3.05, 3.63) is 29.6 Å². The maximum absolute atomic E-state index is 12.7. The van der Waals surface area contributed by atoms with Gasteiger partial charge in [0.15, 0.2) is 18.1 Å². The Labute approximate surface area is 227 Å². The van der Waals surface area contributed by atoms with Gasteiger partial charge in [-0.05, 0) is 44.2 Å². The lowest BCUT2D eigenvalue weighted by atomic mass is 9.93. The van der Waals surface area contributed by atoms with Crippen molar-refractivity contribution in [2.45, 2.75) is 51.2 Å².